The van der Waals surface area contributed by atoms with Crippen molar-refractivity contribution < 1.29 is 4.39 Å². The van der Waals surface area contributed by atoms with Gasteiger partial charge in [0.25, 0.3) is 0 Å². The van der Waals surface area contributed by atoms with Crippen LogP contribution in [0.25, 0.3) is 0 Å². The molecule has 2 rings (SSSR count). The molecular weight excluding hydrogens is 334 g/mol. The summed E-state index contributed by atoms with van der Waals surface area (Å²) in [5.41, 5.74) is 1.09. The molecule has 2 nitrogen and oxygen atoms in total. The average Bonchev–Trinajstić information content (AvgIpc) is 2.44. The van der Waals surface area contributed by atoms with E-state index in [0.29, 0.717) is 0 Å². The molecule has 1 heterocycles. The highest BCUT2D eigenvalue weighted by molar-refractivity contribution is 6.30. The lowest BCUT2D eigenvalue weighted by atomic mass is 9.99. The summed E-state index contributed by atoms with van der Waals surface area (Å²) in [5, 5.41) is 3.55. The third-order valence-corrected chi connectivity index (χ3v) is 3.85. The Morgan fingerprint density at radius 2 is 2.00 bits per heavy atom. The van der Waals surface area contributed by atoms with Gasteiger partial charge in [-0.25, -0.2) is 4.39 Å². The predicted octanol–water partition coefficient (Wildman–Crippen LogP) is 4.24. The number of benzene rings is 1. The van der Waals surface area contributed by atoms with Crippen molar-refractivity contribution in [3.05, 3.63) is 47.3 Å². The van der Waals surface area contributed by atoms with Crippen LogP contribution in [0.5, 0.6) is 0 Å². The number of hydrogen-bond donors (Lipinski definition) is 1. The van der Waals surface area contributed by atoms with Crippen molar-refractivity contribution in [3.8, 4) is 0 Å². The minimum atomic E-state index is -0.354. The van der Waals surface area contributed by atoms with E-state index in [1.54, 1.807) is 6.07 Å². The lowest BCUT2D eigenvalue weighted by Crippen LogP contribution is -2.45. The Bertz CT molecular complexity index is 437. The van der Waals surface area contributed by atoms with Gasteiger partial charge in [-0.15, -0.1) is 31.4 Å². The zero-order valence-corrected chi connectivity index (χ0v) is 14.2. The van der Waals surface area contributed by atoms with Crippen LogP contribution in [0.3, 0.4) is 0 Å². The molecule has 0 amide bonds. The summed E-state index contributed by atoms with van der Waals surface area (Å²) < 4.78 is 13.3. The maximum atomic E-state index is 13.3. The van der Waals surface area contributed by atoms with Crippen LogP contribution in [0, 0.1) is 5.82 Å². The second kappa shape index (κ2) is 10.4. The maximum Gasteiger partial charge on any atom is 0.141 e. The van der Waals surface area contributed by atoms with E-state index >= 15 is 0 Å². The molecule has 1 atom stereocenters. The van der Waals surface area contributed by atoms with Crippen molar-refractivity contribution in [2.45, 2.75) is 18.9 Å². The van der Waals surface area contributed by atoms with Gasteiger partial charge in [0.15, 0.2) is 0 Å². The highest BCUT2D eigenvalue weighted by Gasteiger charge is 2.22. The SMILES string of the molecule is C=CCC[C@@H](c1ccc(F)c(Cl)c1)N1CCNCC1.Cl.Cl. The van der Waals surface area contributed by atoms with Crippen molar-refractivity contribution in [2.24, 2.45) is 0 Å². The fraction of sp³-hybridized carbons (Fsp3) is 0.467. The normalized spacial score (nSPS) is 16.5. The Morgan fingerprint density at radius 1 is 1.33 bits per heavy atom. The van der Waals surface area contributed by atoms with Crippen LogP contribution in [0.4, 0.5) is 4.39 Å². The Balaban J connectivity index is 0.00000200. The van der Waals surface area contributed by atoms with E-state index in [2.05, 4.69) is 16.8 Å². The molecule has 1 aliphatic heterocycles. The lowest BCUT2D eigenvalue weighted by Gasteiger charge is -2.35. The van der Waals surface area contributed by atoms with E-state index in [1.165, 1.54) is 6.07 Å². The van der Waals surface area contributed by atoms with Gasteiger partial charge in [-0.1, -0.05) is 23.7 Å². The van der Waals surface area contributed by atoms with Crippen molar-refractivity contribution in [1.82, 2.24) is 10.2 Å². The van der Waals surface area contributed by atoms with Gasteiger partial charge in [0, 0.05) is 32.2 Å². The molecule has 0 bridgehead atoms. The van der Waals surface area contributed by atoms with Crippen LogP contribution in [-0.2, 0) is 0 Å². The van der Waals surface area contributed by atoms with E-state index in [-0.39, 0.29) is 41.7 Å². The number of nitrogens with one attached hydrogen (secondary N) is 1. The van der Waals surface area contributed by atoms with Gasteiger partial charge in [0.1, 0.15) is 5.82 Å². The summed E-state index contributed by atoms with van der Waals surface area (Å²) in [6.45, 7) is 7.81. The van der Waals surface area contributed by atoms with E-state index < -0.39 is 0 Å². The van der Waals surface area contributed by atoms with Gasteiger partial charge in [-0.3, -0.25) is 4.90 Å². The second-order valence-electron chi connectivity index (χ2n) is 4.84. The topological polar surface area (TPSA) is 15.3 Å². The Labute approximate surface area is 143 Å². The molecule has 0 aromatic heterocycles. The smallest absolute Gasteiger partial charge is 0.141 e. The number of allylic oxidation sites excluding steroid dienone is 1. The predicted molar refractivity (Wildman–Crippen MR) is 92.5 cm³/mol. The lowest BCUT2D eigenvalue weighted by molar-refractivity contribution is 0.166. The molecule has 0 radical (unpaired) electrons. The first-order valence-corrected chi connectivity index (χ1v) is 7.11. The fourth-order valence-corrected chi connectivity index (χ4v) is 2.74. The first-order chi connectivity index (χ1) is 9.22. The fourth-order valence-electron chi connectivity index (χ4n) is 2.55. The van der Waals surface area contributed by atoms with Crippen molar-refractivity contribution in [3.63, 3.8) is 0 Å². The summed E-state index contributed by atoms with van der Waals surface area (Å²) in [6.07, 6.45) is 3.87. The molecule has 1 aromatic carbocycles. The highest BCUT2D eigenvalue weighted by atomic mass is 35.5. The molecule has 0 spiro atoms. The van der Waals surface area contributed by atoms with Gasteiger partial charge in [-0.05, 0) is 30.5 Å². The van der Waals surface area contributed by atoms with E-state index in [4.69, 9.17) is 11.6 Å². The Hall–Kier alpha value is -0.320. The molecule has 1 fully saturated rings. The quantitative estimate of drug-likeness (QED) is 0.795. The molecular formula is C15H22Cl3FN2. The number of piperazine rings is 1. The zero-order chi connectivity index (χ0) is 13.7. The highest BCUT2D eigenvalue weighted by Crippen LogP contribution is 2.29. The zero-order valence-electron chi connectivity index (χ0n) is 11.9. The van der Waals surface area contributed by atoms with Gasteiger partial charge in [0.05, 0.1) is 5.02 Å². The summed E-state index contributed by atoms with van der Waals surface area (Å²) in [7, 11) is 0. The molecule has 120 valence electrons. The molecule has 0 unspecified atom stereocenters. The van der Waals surface area contributed by atoms with Crippen LogP contribution in [0.1, 0.15) is 24.4 Å². The third kappa shape index (κ3) is 5.76. The monoisotopic (exact) mass is 354 g/mol. The standard InChI is InChI=1S/C15H20ClFN2.2ClH/c1-2-3-4-15(19-9-7-18-8-10-19)12-5-6-14(17)13(16)11-12;;/h2,5-6,11,15,18H,1,3-4,7-10H2;2*1H/t15-;;/m0../s1. The van der Waals surface area contributed by atoms with E-state index in [9.17, 15) is 4.39 Å². The van der Waals surface area contributed by atoms with Gasteiger partial charge in [-0.2, -0.15) is 0 Å². The minimum Gasteiger partial charge on any atom is -0.314 e. The van der Waals surface area contributed by atoms with Crippen LogP contribution in [0.15, 0.2) is 30.9 Å². The number of halogens is 4. The van der Waals surface area contributed by atoms with Crippen LogP contribution in [-0.4, -0.2) is 31.1 Å². The molecule has 21 heavy (non-hydrogen) atoms. The molecule has 1 saturated heterocycles. The Morgan fingerprint density at radius 3 is 2.57 bits per heavy atom. The number of rotatable bonds is 5. The van der Waals surface area contributed by atoms with Crippen molar-refractivity contribution >= 4 is 36.4 Å². The molecule has 0 saturated carbocycles. The summed E-state index contributed by atoms with van der Waals surface area (Å²) >= 11 is 5.90. The third-order valence-electron chi connectivity index (χ3n) is 3.57. The molecule has 0 aliphatic carbocycles. The van der Waals surface area contributed by atoms with Gasteiger partial charge in [0.2, 0.25) is 0 Å². The summed E-state index contributed by atoms with van der Waals surface area (Å²) in [5.74, 6) is -0.354. The largest absolute Gasteiger partial charge is 0.314 e. The molecule has 1 aromatic rings. The molecule has 6 heteroatoms. The first-order valence-electron chi connectivity index (χ1n) is 6.73. The first kappa shape index (κ1) is 20.7. The minimum absolute atomic E-state index is 0. The number of hydrogen-bond acceptors (Lipinski definition) is 2. The second-order valence-corrected chi connectivity index (χ2v) is 5.25. The summed E-state index contributed by atoms with van der Waals surface area (Å²) in [4.78, 5) is 2.43. The van der Waals surface area contributed by atoms with Crippen LogP contribution >= 0.6 is 36.4 Å². The van der Waals surface area contributed by atoms with E-state index in [0.717, 1.165) is 44.6 Å². The van der Waals surface area contributed by atoms with Crippen molar-refractivity contribution in [2.75, 3.05) is 26.2 Å². The summed E-state index contributed by atoms with van der Waals surface area (Å²) in [6, 6.07) is 5.35. The average molecular weight is 356 g/mol. The molecule has 1 aliphatic rings. The van der Waals surface area contributed by atoms with Crippen LogP contribution < -0.4 is 5.32 Å². The Kier molecular flexibility index (Phi) is 10.3. The molecule has 1 N–H and O–H groups in total. The van der Waals surface area contributed by atoms with Gasteiger partial charge >= 0.3 is 0 Å². The van der Waals surface area contributed by atoms with Gasteiger partial charge < -0.3 is 5.32 Å². The van der Waals surface area contributed by atoms with Crippen molar-refractivity contribution in [1.29, 1.82) is 0 Å². The maximum absolute atomic E-state index is 13.3. The number of nitrogens with zero attached hydrogens (tertiary/aromatic N) is 1. The van der Waals surface area contributed by atoms with E-state index in [1.807, 2.05) is 12.1 Å². The van der Waals surface area contributed by atoms with Crippen LogP contribution in [0.2, 0.25) is 5.02 Å².